The molecule has 0 saturated heterocycles. The van der Waals surface area contributed by atoms with Gasteiger partial charge in [-0.3, -0.25) is 10.2 Å². The van der Waals surface area contributed by atoms with Crippen LogP contribution in [0.25, 0.3) is 0 Å². The Morgan fingerprint density at radius 2 is 2.00 bits per heavy atom. The van der Waals surface area contributed by atoms with E-state index in [1.165, 1.54) is 18.3 Å². The van der Waals surface area contributed by atoms with Crippen molar-refractivity contribution in [2.75, 3.05) is 6.61 Å². The Morgan fingerprint density at radius 3 is 2.55 bits per heavy atom. The zero-order valence-electron chi connectivity index (χ0n) is 12.2. The minimum Gasteiger partial charge on any atom is -0.462 e. The number of hydrogen-bond donors (Lipinski definition) is 2. The van der Waals surface area contributed by atoms with Crippen LogP contribution in [0.15, 0.2) is 36.0 Å². The number of Topliss-reactive ketones (excluding diaryl/α,β-unsaturated/α-hetero) is 1. The fourth-order valence-electron chi connectivity index (χ4n) is 1.76. The van der Waals surface area contributed by atoms with E-state index in [-0.39, 0.29) is 29.5 Å². The van der Waals surface area contributed by atoms with E-state index in [9.17, 15) is 14.0 Å². The number of halogens is 1. The predicted octanol–water partition coefficient (Wildman–Crippen LogP) is 1.96. The van der Waals surface area contributed by atoms with Gasteiger partial charge in [0.15, 0.2) is 0 Å². The van der Waals surface area contributed by atoms with E-state index in [4.69, 9.17) is 10.1 Å². The molecule has 6 heteroatoms. The number of ether oxygens (including phenoxy) is 1. The van der Waals surface area contributed by atoms with Crippen molar-refractivity contribution in [3.05, 3.63) is 47.4 Å². The van der Waals surface area contributed by atoms with Crippen molar-refractivity contribution in [1.82, 2.24) is 5.32 Å². The first-order chi connectivity index (χ1) is 10.5. The zero-order chi connectivity index (χ0) is 16.1. The highest BCUT2D eigenvalue weighted by Gasteiger charge is 2.26. The molecular weight excluding hydrogens is 287 g/mol. The maximum atomic E-state index is 12.9. The summed E-state index contributed by atoms with van der Waals surface area (Å²) in [5, 5.41) is 10.9. The number of rotatable bonds is 7. The number of carbonyl (C=O) groups is 2. The summed E-state index contributed by atoms with van der Waals surface area (Å²) in [6, 6.07) is 5.23. The largest absolute Gasteiger partial charge is 0.462 e. The topological polar surface area (TPSA) is 79.2 Å². The van der Waals surface area contributed by atoms with Crippen molar-refractivity contribution in [3.8, 4) is 0 Å². The first kappa shape index (κ1) is 15.9. The Labute approximate surface area is 127 Å². The number of benzene rings is 1. The molecule has 1 aromatic carbocycles. The van der Waals surface area contributed by atoms with Crippen molar-refractivity contribution < 1.29 is 18.7 Å². The van der Waals surface area contributed by atoms with Crippen LogP contribution in [-0.4, -0.2) is 30.1 Å². The molecule has 1 fully saturated rings. The highest BCUT2D eigenvalue weighted by atomic mass is 19.1. The van der Waals surface area contributed by atoms with Crippen LogP contribution in [0.4, 0.5) is 4.39 Å². The van der Waals surface area contributed by atoms with Crippen molar-refractivity contribution in [2.45, 2.75) is 25.8 Å². The molecule has 2 rings (SSSR count). The average Bonchev–Trinajstić information content (AvgIpc) is 3.32. The standard InChI is InChI=1S/C16H17FN2O3/c1-2-22-16(21)13(9-19-12-7-8-12)15(20)14(18)10-3-5-11(17)6-4-10/h3-6,9,12,18-19H,2,7-8H2,1H3/b13-9+,18-14?. The van der Waals surface area contributed by atoms with Crippen LogP contribution in [0.2, 0.25) is 0 Å². The van der Waals surface area contributed by atoms with Crippen LogP contribution in [0.5, 0.6) is 0 Å². The van der Waals surface area contributed by atoms with Gasteiger partial charge in [-0.1, -0.05) is 0 Å². The van der Waals surface area contributed by atoms with Crippen LogP contribution in [0.3, 0.4) is 0 Å². The Morgan fingerprint density at radius 1 is 1.36 bits per heavy atom. The molecule has 22 heavy (non-hydrogen) atoms. The zero-order valence-corrected chi connectivity index (χ0v) is 12.2. The first-order valence-electron chi connectivity index (χ1n) is 7.05. The summed E-state index contributed by atoms with van der Waals surface area (Å²) in [6.45, 7) is 1.77. The van der Waals surface area contributed by atoms with Gasteiger partial charge in [-0.15, -0.1) is 0 Å². The molecule has 5 nitrogen and oxygen atoms in total. The number of nitrogens with one attached hydrogen (secondary N) is 2. The second kappa shape index (κ2) is 6.98. The normalized spacial score (nSPS) is 14.4. The van der Waals surface area contributed by atoms with Gasteiger partial charge in [0.1, 0.15) is 17.1 Å². The lowest BCUT2D eigenvalue weighted by atomic mass is 10.0. The molecule has 1 saturated carbocycles. The summed E-state index contributed by atoms with van der Waals surface area (Å²) < 4.78 is 17.8. The van der Waals surface area contributed by atoms with Crippen LogP contribution >= 0.6 is 0 Å². The molecule has 1 aliphatic carbocycles. The fraction of sp³-hybridized carbons (Fsp3) is 0.312. The molecule has 0 unspecified atom stereocenters. The van der Waals surface area contributed by atoms with Gasteiger partial charge in [-0.2, -0.15) is 0 Å². The van der Waals surface area contributed by atoms with Gasteiger partial charge in [-0.05, 0) is 44.0 Å². The minimum absolute atomic E-state index is 0.136. The van der Waals surface area contributed by atoms with E-state index in [1.54, 1.807) is 6.92 Å². The lowest BCUT2D eigenvalue weighted by Gasteiger charge is -2.08. The summed E-state index contributed by atoms with van der Waals surface area (Å²) in [4.78, 5) is 24.2. The van der Waals surface area contributed by atoms with Crippen LogP contribution in [0.1, 0.15) is 25.3 Å². The molecule has 0 atom stereocenters. The maximum Gasteiger partial charge on any atom is 0.343 e. The highest BCUT2D eigenvalue weighted by molar-refractivity contribution is 6.54. The molecular formula is C16H17FN2O3. The number of carbonyl (C=O) groups excluding carboxylic acids is 2. The molecule has 1 aliphatic rings. The molecule has 1 aromatic rings. The van der Waals surface area contributed by atoms with Crippen molar-refractivity contribution in [3.63, 3.8) is 0 Å². The molecule has 0 bridgehead atoms. The SMILES string of the molecule is CCOC(=O)/C(=C/NC1CC1)C(=O)C(=N)c1ccc(F)cc1. The molecule has 0 aliphatic heterocycles. The quantitative estimate of drug-likeness (QED) is 0.265. The summed E-state index contributed by atoms with van der Waals surface area (Å²) >= 11 is 0. The molecule has 2 N–H and O–H groups in total. The Bertz CT molecular complexity index is 619. The first-order valence-corrected chi connectivity index (χ1v) is 7.05. The van der Waals surface area contributed by atoms with Crippen LogP contribution < -0.4 is 5.32 Å². The van der Waals surface area contributed by atoms with Crippen LogP contribution in [0, 0.1) is 11.2 Å². The molecule has 0 heterocycles. The van der Waals surface area contributed by atoms with Gasteiger partial charge >= 0.3 is 5.97 Å². The molecule has 0 aromatic heterocycles. The third kappa shape index (κ3) is 4.00. The summed E-state index contributed by atoms with van der Waals surface area (Å²) in [5.41, 5.74) is -0.354. The Balaban J connectivity index is 2.19. The third-order valence-corrected chi connectivity index (χ3v) is 3.14. The van der Waals surface area contributed by atoms with Crippen molar-refractivity contribution in [2.24, 2.45) is 0 Å². The number of ketones is 1. The van der Waals surface area contributed by atoms with E-state index in [1.807, 2.05) is 0 Å². The average molecular weight is 304 g/mol. The Hall–Kier alpha value is -2.50. The number of hydrogen-bond acceptors (Lipinski definition) is 5. The maximum absolute atomic E-state index is 12.9. The monoisotopic (exact) mass is 304 g/mol. The fourth-order valence-corrected chi connectivity index (χ4v) is 1.76. The van der Waals surface area contributed by atoms with Gasteiger partial charge in [0.05, 0.1) is 6.61 Å². The molecule has 0 amide bonds. The van der Waals surface area contributed by atoms with Crippen LogP contribution in [-0.2, 0) is 14.3 Å². The van der Waals surface area contributed by atoms with Gasteiger partial charge in [0.25, 0.3) is 0 Å². The van der Waals surface area contributed by atoms with E-state index in [2.05, 4.69) is 5.32 Å². The van der Waals surface area contributed by atoms with E-state index in [0.29, 0.717) is 0 Å². The van der Waals surface area contributed by atoms with Crippen molar-refractivity contribution >= 4 is 17.5 Å². The summed E-state index contributed by atoms with van der Waals surface area (Å²) in [6.07, 6.45) is 3.28. The van der Waals surface area contributed by atoms with E-state index >= 15 is 0 Å². The molecule has 0 spiro atoms. The number of esters is 1. The van der Waals surface area contributed by atoms with Gasteiger partial charge in [-0.25, -0.2) is 9.18 Å². The van der Waals surface area contributed by atoms with E-state index in [0.717, 1.165) is 25.0 Å². The van der Waals surface area contributed by atoms with Gasteiger partial charge in [0.2, 0.25) is 5.78 Å². The smallest absolute Gasteiger partial charge is 0.343 e. The summed E-state index contributed by atoms with van der Waals surface area (Å²) in [7, 11) is 0. The molecule has 116 valence electrons. The lowest BCUT2D eigenvalue weighted by molar-refractivity contribution is -0.139. The predicted molar refractivity (Wildman–Crippen MR) is 79.1 cm³/mol. The second-order valence-corrected chi connectivity index (χ2v) is 4.93. The Kier molecular flexibility index (Phi) is 5.04. The van der Waals surface area contributed by atoms with Gasteiger partial charge < -0.3 is 10.1 Å². The molecule has 0 radical (unpaired) electrons. The highest BCUT2D eigenvalue weighted by Crippen LogP contribution is 2.19. The second-order valence-electron chi connectivity index (χ2n) is 4.93. The van der Waals surface area contributed by atoms with E-state index < -0.39 is 17.6 Å². The third-order valence-electron chi connectivity index (χ3n) is 3.14. The summed E-state index contributed by atoms with van der Waals surface area (Å²) in [5.74, 6) is -1.98. The van der Waals surface area contributed by atoms with Crippen molar-refractivity contribution in [1.29, 1.82) is 5.41 Å². The van der Waals surface area contributed by atoms with Gasteiger partial charge in [0, 0.05) is 17.8 Å². The minimum atomic E-state index is -0.771. The lowest BCUT2D eigenvalue weighted by Crippen LogP contribution is -2.26.